The van der Waals surface area contributed by atoms with Gasteiger partial charge in [0.15, 0.2) is 11.5 Å². The second-order valence-corrected chi connectivity index (χ2v) is 3.56. The number of aromatic hydroxyl groups is 1. The van der Waals surface area contributed by atoms with Crippen LogP contribution in [0.15, 0.2) is 24.3 Å². The molecule has 1 amide bonds. The van der Waals surface area contributed by atoms with Crippen LogP contribution in [0.3, 0.4) is 0 Å². The van der Waals surface area contributed by atoms with Gasteiger partial charge in [-0.05, 0) is 30.2 Å². The molecule has 0 bridgehead atoms. The number of methoxy groups -OCH3 is 1. The Kier molecular flexibility index (Phi) is 5.07. The molecule has 0 aliphatic heterocycles. The van der Waals surface area contributed by atoms with Crippen molar-refractivity contribution in [3.63, 3.8) is 0 Å². The molecule has 1 rings (SSSR count). The number of ether oxygens (including phenoxy) is 1. The van der Waals surface area contributed by atoms with Crippen LogP contribution in [0, 0.1) is 0 Å². The van der Waals surface area contributed by atoms with Crippen LogP contribution in [-0.2, 0) is 4.79 Å². The van der Waals surface area contributed by atoms with Crippen LogP contribution >= 0.6 is 0 Å². The van der Waals surface area contributed by atoms with Gasteiger partial charge in [0.25, 0.3) is 0 Å². The number of carbonyl (C=O) groups is 1. The van der Waals surface area contributed by atoms with E-state index < -0.39 is 0 Å². The number of phenolic OH excluding ortho intramolecular Hbond substituents is 1. The molecule has 0 aliphatic rings. The highest BCUT2D eigenvalue weighted by molar-refractivity contribution is 5.91. The molecule has 0 saturated heterocycles. The van der Waals surface area contributed by atoms with E-state index in [0.29, 0.717) is 12.3 Å². The van der Waals surface area contributed by atoms with E-state index in [0.717, 1.165) is 12.0 Å². The molecule has 1 aromatic rings. The van der Waals surface area contributed by atoms with Crippen LogP contribution in [0.5, 0.6) is 11.5 Å². The standard InChI is InChI=1S/C13H17NO3/c1-3-8-14-13(16)7-5-10-4-6-11(15)12(9-10)17-2/h4-7,9,15H,3,8H2,1-2H3,(H,14,16). The van der Waals surface area contributed by atoms with E-state index in [1.165, 1.54) is 19.3 Å². The van der Waals surface area contributed by atoms with Crippen LogP contribution < -0.4 is 10.1 Å². The minimum absolute atomic E-state index is 0.0834. The van der Waals surface area contributed by atoms with E-state index in [2.05, 4.69) is 5.32 Å². The first kappa shape index (κ1) is 13.1. The molecule has 0 atom stereocenters. The second-order valence-electron chi connectivity index (χ2n) is 3.56. The first-order valence-corrected chi connectivity index (χ1v) is 5.50. The molecular weight excluding hydrogens is 218 g/mol. The van der Waals surface area contributed by atoms with Crippen molar-refractivity contribution in [1.82, 2.24) is 5.32 Å². The largest absolute Gasteiger partial charge is 0.504 e. The minimum Gasteiger partial charge on any atom is -0.504 e. The highest BCUT2D eigenvalue weighted by Crippen LogP contribution is 2.26. The second kappa shape index (κ2) is 6.58. The third-order valence-corrected chi connectivity index (χ3v) is 2.18. The molecule has 1 aromatic carbocycles. The van der Waals surface area contributed by atoms with Gasteiger partial charge in [0.2, 0.25) is 5.91 Å². The Labute approximate surface area is 101 Å². The van der Waals surface area contributed by atoms with E-state index in [4.69, 9.17) is 4.74 Å². The predicted octanol–water partition coefficient (Wildman–Crippen LogP) is 1.94. The predicted molar refractivity (Wildman–Crippen MR) is 67.0 cm³/mol. The lowest BCUT2D eigenvalue weighted by molar-refractivity contribution is -0.116. The first-order valence-electron chi connectivity index (χ1n) is 5.50. The lowest BCUT2D eigenvalue weighted by atomic mass is 10.2. The Hall–Kier alpha value is -1.97. The van der Waals surface area contributed by atoms with Gasteiger partial charge in [0.1, 0.15) is 0 Å². The van der Waals surface area contributed by atoms with Crippen LogP contribution in [0.2, 0.25) is 0 Å². The first-order chi connectivity index (χ1) is 8.17. The highest BCUT2D eigenvalue weighted by atomic mass is 16.5. The molecule has 4 heteroatoms. The SMILES string of the molecule is CCCNC(=O)C=Cc1ccc(O)c(OC)c1. The average Bonchev–Trinajstić information content (AvgIpc) is 2.35. The topological polar surface area (TPSA) is 58.6 Å². The molecule has 0 saturated carbocycles. The highest BCUT2D eigenvalue weighted by Gasteiger charge is 2.00. The number of rotatable bonds is 5. The molecule has 92 valence electrons. The molecule has 0 heterocycles. The minimum atomic E-state index is -0.126. The van der Waals surface area contributed by atoms with Crippen molar-refractivity contribution in [2.75, 3.05) is 13.7 Å². The molecule has 0 unspecified atom stereocenters. The summed E-state index contributed by atoms with van der Waals surface area (Å²) in [7, 11) is 1.48. The molecular formula is C13H17NO3. The van der Waals surface area contributed by atoms with Crippen molar-refractivity contribution in [1.29, 1.82) is 0 Å². The Bertz CT molecular complexity index is 413. The monoisotopic (exact) mass is 235 g/mol. The third kappa shape index (κ3) is 4.18. The molecule has 0 radical (unpaired) electrons. The Morgan fingerprint density at radius 1 is 1.53 bits per heavy atom. The number of phenols is 1. The quantitative estimate of drug-likeness (QED) is 0.767. The van der Waals surface area contributed by atoms with E-state index >= 15 is 0 Å². The number of nitrogens with one attached hydrogen (secondary N) is 1. The third-order valence-electron chi connectivity index (χ3n) is 2.18. The van der Waals surface area contributed by atoms with Gasteiger partial charge >= 0.3 is 0 Å². The lowest BCUT2D eigenvalue weighted by Crippen LogP contribution is -2.21. The van der Waals surface area contributed by atoms with E-state index in [-0.39, 0.29) is 11.7 Å². The zero-order valence-corrected chi connectivity index (χ0v) is 10.1. The average molecular weight is 235 g/mol. The van der Waals surface area contributed by atoms with E-state index in [9.17, 15) is 9.90 Å². The normalized spacial score (nSPS) is 10.5. The molecule has 2 N–H and O–H groups in total. The summed E-state index contributed by atoms with van der Waals surface area (Å²) in [6, 6.07) is 4.91. The fourth-order valence-electron chi connectivity index (χ4n) is 1.28. The maximum absolute atomic E-state index is 11.3. The molecule has 17 heavy (non-hydrogen) atoms. The van der Waals surface area contributed by atoms with E-state index in [1.807, 2.05) is 6.92 Å². The van der Waals surface area contributed by atoms with Gasteiger partial charge in [-0.2, -0.15) is 0 Å². The van der Waals surface area contributed by atoms with Crippen molar-refractivity contribution in [2.24, 2.45) is 0 Å². The van der Waals surface area contributed by atoms with Gasteiger partial charge in [-0.15, -0.1) is 0 Å². The molecule has 4 nitrogen and oxygen atoms in total. The van der Waals surface area contributed by atoms with Gasteiger partial charge < -0.3 is 15.2 Å². The molecule has 0 fully saturated rings. The maximum Gasteiger partial charge on any atom is 0.243 e. The Morgan fingerprint density at radius 2 is 2.29 bits per heavy atom. The zero-order valence-electron chi connectivity index (χ0n) is 10.1. The van der Waals surface area contributed by atoms with Gasteiger partial charge in [-0.3, -0.25) is 4.79 Å². The fraction of sp³-hybridized carbons (Fsp3) is 0.308. The summed E-state index contributed by atoms with van der Waals surface area (Å²) in [5.74, 6) is 0.347. The van der Waals surface area contributed by atoms with Crippen molar-refractivity contribution >= 4 is 12.0 Å². The van der Waals surface area contributed by atoms with Gasteiger partial charge in [-0.25, -0.2) is 0 Å². The summed E-state index contributed by atoms with van der Waals surface area (Å²) in [6.07, 6.45) is 4.04. The number of carbonyl (C=O) groups excluding carboxylic acids is 1. The zero-order chi connectivity index (χ0) is 12.7. The maximum atomic E-state index is 11.3. The number of benzene rings is 1. The lowest BCUT2D eigenvalue weighted by Gasteiger charge is -2.03. The van der Waals surface area contributed by atoms with Crippen LogP contribution in [0.25, 0.3) is 6.08 Å². The number of amides is 1. The smallest absolute Gasteiger partial charge is 0.243 e. The van der Waals surface area contributed by atoms with E-state index in [1.54, 1.807) is 18.2 Å². The van der Waals surface area contributed by atoms with Gasteiger partial charge in [0, 0.05) is 12.6 Å². The summed E-state index contributed by atoms with van der Waals surface area (Å²) >= 11 is 0. The molecule has 0 spiro atoms. The van der Waals surface area contributed by atoms with Gasteiger partial charge in [0.05, 0.1) is 7.11 Å². The Balaban J connectivity index is 2.68. The van der Waals surface area contributed by atoms with Gasteiger partial charge in [-0.1, -0.05) is 13.0 Å². The van der Waals surface area contributed by atoms with Crippen molar-refractivity contribution < 1.29 is 14.6 Å². The summed E-state index contributed by atoms with van der Waals surface area (Å²) < 4.78 is 4.97. The number of hydrogen-bond acceptors (Lipinski definition) is 3. The molecule has 0 aromatic heterocycles. The van der Waals surface area contributed by atoms with Crippen molar-refractivity contribution in [2.45, 2.75) is 13.3 Å². The number of hydrogen-bond donors (Lipinski definition) is 2. The summed E-state index contributed by atoms with van der Waals surface area (Å²) in [6.45, 7) is 2.66. The van der Waals surface area contributed by atoms with Crippen LogP contribution in [0.4, 0.5) is 0 Å². The summed E-state index contributed by atoms with van der Waals surface area (Å²) in [5, 5.41) is 12.1. The van der Waals surface area contributed by atoms with Crippen molar-refractivity contribution in [3.8, 4) is 11.5 Å². The van der Waals surface area contributed by atoms with Crippen molar-refractivity contribution in [3.05, 3.63) is 29.8 Å². The fourth-order valence-corrected chi connectivity index (χ4v) is 1.28. The Morgan fingerprint density at radius 3 is 2.94 bits per heavy atom. The van der Waals surface area contributed by atoms with Crippen LogP contribution in [-0.4, -0.2) is 24.7 Å². The summed E-state index contributed by atoms with van der Waals surface area (Å²) in [4.78, 5) is 11.3. The summed E-state index contributed by atoms with van der Waals surface area (Å²) in [5.41, 5.74) is 0.797. The molecule has 0 aliphatic carbocycles. The van der Waals surface area contributed by atoms with Crippen LogP contribution in [0.1, 0.15) is 18.9 Å².